The summed E-state index contributed by atoms with van der Waals surface area (Å²) in [6.45, 7) is -0.470. The lowest BCUT2D eigenvalue weighted by Gasteiger charge is -2.14. The first-order chi connectivity index (χ1) is 15.9. The van der Waals surface area contributed by atoms with Crippen molar-refractivity contribution in [2.75, 3.05) is 33.3 Å². The number of carbonyl (C=O) groups is 2. The SMILES string of the molecule is COc1cc(NC(=O)COC(=O)CCc2ncc(-c3ccc(F)cc3)o2)cc(OC)c1OC. The Bertz CT molecular complexity index is 1090. The molecule has 10 heteroatoms. The van der Waals surface area contributed by atoms with Crippen LogP contribution in [0.1, 0.15) is 12.3 Å². The molecule has 33 heavy (non-hydrogen) atoms. The Hall–Kier alpha value is -4.08. The van der Waals surface area contributed by atoms with Crippen molar-refractivity contribution in [1.29, 1.82) is 0 Å². The zero-order valence-electron chi connectivity index (χ0n) is 18.3. The molecule has 174 valence electrons. The molecule has 1 heterocycles. The first-order valence-electron chi connectivity index (χ1n) is 9.89. The van der Waals surface area contributed by atoms with Crippen LogP contribution < -0.4 is 19.5 Å². The second-order valence-corrected chi connectivity index (χ2v) is 6.75. The molecule has 9 nitrogen and oxygen atoms in total. The topological polar surface area (TPSA) is 109 Å². The third kappa shape index (κ3) is 6.22. The quantitative estimate of drug-likeness (QED) is 0.459. The predicted octanol–water partition coefficient (Wildman–Crippen LogP) is 3.62. The van der Waals surface area contributed by atoms with Gasteiger partial charge in [0.15, 0.2) is 29.8 Å². The zero-order valence-corrected chi connectivity index (χ0v) is 18.3. The number of nitrogens with one attached hydrogen (secondary N) is 1. The molecule has 0 bridgehead atoms. The average Bonchev–Trinajstić information content (AvgIpc) is 3.30. The number of nitrogens with zero attached hydrogens (tertiary/aromatic N) is 1. The molecule has 1 aromatic heterocycles. The van der Waals surface area contributed by atoms with Crippen molar-refractivity contribution in [2.45, 2.75) is 12.8 Å². The largest absolute Gasteiger partial charge is 0.493 e. The third-order valence-electron chi connectivity index (χ3n) is 4.54. The van der Waals surface area contributed by atoms with Gasteiger partial charge >= 0.3 is 5.97 Å². The number of anilines is 1. The molecule has 0 saturated heterocycles. The molecule has 0 aliphatic carbocycles. The number of rotatable bonds is 10. The molecule has 0 radical (unpaired) electrons. The van der Waals surface area contributed by atoms with Gasteiger partial charge in [-0.1, -0.05) is 0 Å². The van der Waals surface area contributed by atoms with E-state index in [9.17, 15) is 14.0 Å². The standard InChI is InChI=1S/C23H23FN2O7/c1-29-17-10-16(11-18(30-2)23(17)31-3)26-20(27)13-32-22(28)9-8-21-25-12-19(33-21)14-4-6-15(24)7-5-14/h4-7,10-12H,8-9,13H2,1-3H3,(H,26,27). The molecule has 0 aliphatic heterocycles. The number of amides is 1. The lowest BCUT2D eigenvalue weighted by atomic mass is 10.2. The Labute approximate surface area is 189 Å². The van der Waals surface area contributed by atoms with E-state index in [1.165, 1.54) is 39.7 Å². The predicted molar refractivity (Wildman–Crippen MR) is 116 cm³/mol. The Kier molecular flexibility index (Phi) is 7.85. The maximum absolute atomic E-state index is 13.0. The van der Waals surface area contributed by atoms with Crippen molar-refractivity contribution in [3.05, 3.63) is 54.3 Å². The van der Waals surface area contributed by atoms with E-state index in [4.69, 9.17) is 23.4 Å². The first kappa shape index (κ1) is 23.6. The van der Waals surface area contributed by atoms with Gasteiger partial charge in [-0.25, -0.2) is 9.37 Å². The van der Waals surface area contributed by atoms with E-state index >= 15 is 0 Å². The van der Waals surface area contributed by atoms with Crippen molar-refractivity contribution >= 4 is 17.6 Å². The highest BCUT2D eigenvalue weighted by atomic mass is 19.1. The number of esters is 1. The van der Waals surface area contributed by atoms with Gasteiger partial charge < -0.3 is 28.7 Å². The highest BCUT2D eigenvalue weighted by Gasteiger charge is 2.16. The zero-order chi connectivity index (χ0) is 23.8. The fourth-order valence-electron chi connectivity index (χ4n) is 2.95. The third-order valence-corrected chi connectivity index (χ3v) is 4.54. The molecule has 0 saturated carbocycles. The summed E-state index contributed by atoms with van der Waals surface area (Å²) in [5.74, 6) is 0.444. The summed E-state index contributed by atoms with van der Waals surface area (Å²) in [6.07, 6.45) is 1.66. The van der Waals surface area contributed by atoms with Crippen LogP contribution in [-0.4, -0.2) is 44.8 Å². The number of oxazole rings is 1. The van der Waals surface area contributed by atoms with Gasteiger partial charge in [0.25, 0.3) is 5.91 Å². The number of benzene rings is 2. The van der Waals surface area contributed by atoms with Crippen molar-refractivity contribution in [3.8, 4) is 28.6 Å². The molecule has 3 rings (SSSR count). The maximum Gasteiger partial charge on any atom is 0.306 e. The highest BCUT2D eigenvalue weighted by molar-refractivity contribution is 5.93. The lowest BCUT2D eigenvalue weighted by molar-refractivity contribution is -0.147. The van der Waals surface area contributed by atoms with E-state index in [-0.39, 0.29) is 18.7 Å². The highest BCUT2D eigenvalue weighted by Crippen LogP contribution is 2.39. The minimum atomic E-state index is -0.587. The normalized spacial score (nSPS) is 10.4. The van der Waals surface area contributed by atoms with Gasteiger partial charge in [0, 0.05) is 29.8 Å². The van der Waals surface area contributed by atoms with Gasteiger partial charge in [-0.3, -0.25) is 9.59 Å². The smallest absolute Gasteiger partial charge is 0.306 e. The van der Waals surface area contributed by atoms with Crippen molar-refractivity contribution in [1.82, 2.24) is 4.98 Å². The molecule has 1 amide bonds. The van der Waals surface area contributed by atoms with Crippen LogP contribution in [0.15, 0.2) is 47.0 Å². The second-order valence-electron chi connectivity index (χ2n) is 6.75. The van der Waals surface area contributed by atoms with Crippen molar-refractivity contribution in [2.24, 2.45) is 0 Å². The lowest BCUT2D eigenvalue weighted by Crippen LogP contribution is -2.21. The number of hydrogen-bond donors (Lipinski definition) is 1. The van der Waals surface area contributed by atoms with Gasteiger partial charge in [-0.2, -0.15) is 0 Å². The van der Waals surface area contributed by atoms with Crippen LogP contribution in [0.2, 0.25) is 0 Å². The summed E-state index contributed by atoms with van der Waals surface area (Å²) in [5.41, 5.74) is 1.06. The molecular weight excluding hydrogens is 435 g/mol. The van der Waals surface area contributed by atoms with Gasteiger partial charge in [-0.05, 0) is 24.3 Å². The Morgan fingerprint density at radius 3 is 2.30 bits per heavy atom. The summed E-state index contributed by atoms with van der Waals surface area (Å²) < 4.78 is 39.3. The monoisotopic (exact) mass is 458 g/mol. The van der Waals surface area contributed by atoms with Crippen molar-refractivity contribution < 1.29 is 37.3 Å². The minimum Gasteiger partial charge on any atom is -0.493 e. The van der Waals surface area contributed by atoms with Crippen LogP contribution in [0.4, 0.5) is 10.1 Å². The summed E-state index contributed by atoms with van der Waals surface area (Å²) in [7, 11) is 4.39. The molecule has 0 atom stereocenters. The summed E-state index contributed by atoms with van der Waals surface area (Å²) in [6, 6.07) is 8.89. The van der Waals surface area contributed by atoms with E-state index in [2.05, 4.69) is 10.3 Å². The first-order valence-corrected chi connectivity index (χ1v) is 9.89. The fourth-order valence-corrected chi connectivity index (χ4v) is 2.95. The number of carbonyl (C=O) groups excluding carboxylic acids is 2. The molecule has 0 spiro atoms. The van der Waals surface area contributed by atoms with Gasteiger partial charge in [0.2, 0.25) is 5.75 Å². The second kappa shape index (κ2) is 11.0. The molecule has 0 aliphatic rings. The Balaban J connectivity index is 1.48. The van der Waals surface area contributed by atoms with Gasteiger partial charge in [0.05, 0.1) is 33.9 Å². The van der Waals surface area contributed by atoms with Crippen LogP contribution in [0, 0.1) is 5.82 Å². The summed E-state index contributed by atoms with van der Waals surface area (Å²) >= 11 is 0. The van der Waals surface area contributed by atoms with Crippen LogP contribution in [0.5, 0.6) is 17.2 Å². The minimum absolute atomic E-state index is 0.0270. The van der Waals surface area contributed by atoms with Gasteiger partial charge in [-0.15, -0.1) is 0 Å². The van der Waals surface area contributed by atoms with Crippen LogP contribution in [0.3, 0.4) is 0 Å². The number of hydrogen-bond acceptors (Lipinski definition) is 8. The number of aryl methyl sites for hydroxylation is 1. The number of halogens is 1. The molecule has 1 N–H and O–H groups in total. The number of ether oxygens (including phenoxy) is 4. The molecule has 0 unspecified atom stereocenters. The average molecular weight is 458 g/mol. The fraction of sp³-hybridized carbons (Fsp3) is 0.261. The van der Waals surface area contributed by atoms with Crippen molar-refractivity contribution in [3.63, 3.8) is 0 Å². The Morgan fingerprint density at radius 1 is 1.03 bits per heavy atom. The molecular formula is C23H23FN2O7. The van der Waals surface area contributed by atoms with Gasteiger partial charge in [0.1, 0.15) is 5.82 Å². The molecule has 2 aromatic carbocycles. The van der Waals surface area contributed by atoms with E-state index in [0.29, 0.717) is 40.2 Å². The number of aromatic nitrogens is 1. The van der Waals surface area contributed by atoms with E-state index in [1.807, 2.05) is 0 Å². The number of methoxy groups -OCH3 is 3. The maximum atomic E-state index is 13.0. The van der Waals surface area contributed by atoms with E-state index in [0.717, 1.165) is 0 Å². The van der Waals surface area contributed by atoms with Crippen LogP contribution in [-0.2, 0) is 20.7 Å². The molecule has 0 fully saturated rings. The summed E-state index contributed by atoms with van der Waals surface area (Å²) in [4.78, 5) is 28.3. The van der Waals surface area contributed by atoms with Crippen LogP contribution >= 0.6 is 0 Å². The van der Waals surface area contributed by atoms with Crippen LogP contribution in [0.25, 0.3) is 11.3 Å². The molecule has 3 aromatic rings. The summed E-state index contributed by atoms with van der Waals surface area (Å²) in [5, 5.41) is 2.61. The van der Waals surface area contributed by atoms with E-state index < -0.39 is 18.5 Å². The Morgan fingerprint density at radius 2 is 1.70 bits per heavy atom. The van der Waals surface area contributed by atoms with E-state index in [1.54, 1.807) is 24.3 Å².